The van der Waals surface area contributed by atoms with Gasteiger partial charge in [-0.3, -0.25) is 0 Å². The molecule has 1 saturated heterocycles. The first-order chi connectivity index (χ1) is 7.73. The van der Waals surface area contributed by atoms with E-state index < -0.39 is 18.3 Å². The molecule has 17 heavy (non-hydrogen) atoms. The Labute approximate surface area is 101 Å². The van der Waals surface area contributed by atoms with E-state index in [9.17, 15) is 10.2 Å². The van der Waals surface area contributed by atoms with E-state index in [4.69, 9.17) is 9.31 Å². The smallest absolute Gasteiger partial charge is 0.498 e. The highest BCUT2D eigenvalue weighted by molar-refractivity contribution is 6.63. The molecule has 0 atom stereocenters. The highest BCUT2D eigenvalue weighted by Crippen LogP contribution is 2.37. The normalized spacial score (nSPS) is 21.8. The van der Waals surface area contributed by atoms with Gasteiger partial charge in [-0.05, 0) is 45.9 Å². The maximum atomic E-state index is 9.76. The van der Waals surface area contributed by atoms with Crippen LogP contribution in [-0.2, 0) is 9.31 Å². The van der Waals surface area contributed by atoms with Crippen LogP contribution in [-0.4, -0.2) is 28.5 Å². The van der Waals surface area contributed by atoms with Crippen molar-refractivity contribution in [1.82, 2.24) is 0 Å². The van der Waals surface area contributed by atoms with Crippen LogP contribution in [0.5, 0.6) is 11.5 Å². The lowest BCUT2D eigenvalue weighted by Crippen LogP contribution is -2.41. The van der Waals surface area contributed by atoms with Gasteiger partial charge in [0.15, 0.2) is 0 Å². The number of rotatable bonds is 1. The molecule has 5 heteroatoms. The van der Waals surface area contributed by atoms with Crippen LogP contribution in [0.2, 0.25) is 0 Å². The van der Waals surface area contributed by atoms with Crippen molar-refractivity contribution < 1.29 is 19.5 Å². The number of phenolic OH excluding ortho intramolecular Hbond substituents is 2. The molecule has 0 saturated carbocycles. The van der Waals surface area contributed by atoms with Gasteiger partial charge in [0, 0.05) is 5.46 Å². The Kier molecular flexibility index (Phi) is 2.63. The molecule has 1 aliphatic heterocycles. The molecule has 1 aliphatic rings. The van der Waals surface area contributed by atoms with E-state index >= 15 is 0 Å². The first-order valence-electron chi connectivity index (χ1n) is 5.60. The number of hydrogen-bond acceptors (Lipinski definition) is 4. The lowest BCUT2D eigenvalue weighted by Gasteiger charge is -2.32. The zero-order valence-corrected chi connectivity index (χ0v) is 10.5. The van der Waals surface area contributed by atoms with Gasteiger partial charge in [0.05, 0.1) is 11.2 Å². The number of hydrogen-bond donors (Lipinski definition) is 2. The second kappa shape index (κ2) is 3.65. The Hall–Kier alpha value is -1.20. The summed E-state index contributed by atoms with van der Waals surface area (Å²) in [6.45, 7) is 7.75. The Morgan fingerprint density at radius 3 is 2.06 bits per heavy atom. The molecule has 0 unspecified atom stereocenters. The summed E-state index contributed by atoms with van der Waals surface area (Å²) in [7, 11) is -0.660. The first-order valence-corrected chi connectivity index (χ1v) is 5.60. The lowest BCUT2D eigenvalue weighted by molar-refractivity contribution is 0.00578. The third-order valence-corrected chi connectivity index (χ3v) is 3.52. The van der Waals surface area contributed by atoms with E-state index in [0.29, 0.717) is 5.46 Å². The summed E-state index contributed by atoms with van der Waals surface area (Å²) in [5.74, 6) is 0.133. The number of phenols is 2. The molecular formula is C12H17BO4. The number of benzene rings is 1. The summed E-state index contributed by atoms with van der Waals surface area (Å²) < 4.78 is 11.6. The van der Waals surface area contributed by atoms with Gasteiger partial charge in [0.2, 0.25) is 0 Å². The molecule has 0 radical (unpaired) electrons. The standard InChI is InChI=1S/C12H17BO4/c1-11(2)12(3,4)17-13(16-11)9-7-8(14)5-6-10(9)15/h5-7,14-15H,1-4H3. The topological polar surface area (TPSA) is 58.9 Å². The Bertz CT molecular complexity index is 426. The summed E-state index contributed by atoms with van der Waals surface area (Å²) in [5, 5.41) is 19.2. The van der Waals surface area contributed by atoms with Gasteiger partial charge in [0.25, 0.3) is 0 Å². The fourth-order valence-corrected chi connectivity index (χ4v) is 1.70. The molecule has 1 fully saturated rings. The van der Waals surface area contributed by atoms with E-state index in [1.54, 1.807) is 0 Å². The minimum atomic E-state index is -0.660. The quantitative estimate of drug-likeness (QED) is 0.571. The molecule has 1 aromatic carbocycles. The van der Waals surface area contributed by atoms with E-state index in [2.05, 4.69) is 0 Å². The van der Waals surface area contributed by atoms with E-state index in [1.807, 2.05) is 27.7 Å². The van der Waals surface area contributed by atoms with Crippen LogP contribution in [0, 0.1) is 0 Å². The van der Waals surface area contributed by atoms with Gasteiger partial charge < -0.3 is 19.5 Å². The molecule has 2 N–H and O–H groups in total. The summed E-state index contributed by atoms with van der Waals surface area (Å²) in [6, 6.07) is 4.30. The monoisotopic (exact) mass is 236 g/mol. The van der Waals surface area contributed by atoms with Gasteiger partial charge in [-0.1, -0.05) is 0 Å². The fraction of sp³-hybridized carbons (Fsp3) is 0.500. The molecule has 0 spiro atoms. The van der Waals surface area contributed by atoms with Gasteiger partial charge in [-0.15, -0.1) is 0 Å². The predicted octanol–water partition coefficient (Wildman–Crippen LogP) is 1.40. The molecule has 92 valence electrons. The second-order valence-corrected chi connectivity index (χ2v) is 5.33. The average Bonchev–Trinajstić information content (AvgIpc) is 2.40. The van der Waals surface area contributed by atoms with Gasteiger partial charge in [-0.2, -0.15) is 0 Å². The van der Waals surface area contributed by atoms with Crippen LogP contribution in [0.1, 0.15) is 27.7 Å². The highest BCUT2D eigenvalue weighted by atomic mass is 16.7. The highest BCUT2D eigenvalue weighted by Gasteiger charge is 2.52. The Morgan fingerprint density at radius 1 is 1.00 bits per heavy atom. The van der Waals surface area contributed by atoms with Gasteiger partial charge >= 0.3 is 7.12 Å². The van der Waals surface area contributed by atoms with Crippen LogP contribution in [0.25, 0.3) is 0 Å². The minimum absolute atomic E-state index is 0.0568. The molecule has 1 aromatic rings. The predicted molar refractivity (Wildman–Crippen MR) is 65.5 cm³/mol. The van der Waals surface area contributed by atoms with Crippen molar-refractivity contribution in [3.63, 3.8) is 0 Å². The van der Waals surface area contributed by atoms with Crippen LogP contribution in [0.15, 0.2) is 18.2 Å². The molecule has 0 amide bonds. The Morgan fingerprint density at radius 2 is 1.53 bits per heavy atom. The van der Waals surface area contributed by atoms with E-state index in [-0.39, 0.29) is 11.5 Å². The van der Waals surface area contributed by atoms with E-state index in [1.165, 1.54) is 18.2 Å². The van der Waals surface area contributed by atoms with Gasteiger partial charge in [0.1, 0.15) is 11.5 Å². The lowest BCUT2D eigenvalue weighted by atomic mass is 9.78. The molecule has 0 aromatic heterocycles. The SMILES string of the molecule is CC1(C)OB(c2cc(O)ccc2O)OC1(C)C. The fourth-order valence-electron chi connectivity index (χ4n) is 1.70. The van der Waals surface area contributed by atoms with Crippen LogP contribution in [0.3, 0.4) is 0 Å². The summed E-state index contributed by atoms with van der Waals surface area (Å²) in [6.07, 6.45) is 0. The molecular weight excluding hydrogens is 219 g/mol. The summed E-state index contributed by atoms with van der Waals surface area (Å²) >= 11 is 0. The van der Waals surface area contributed by atoms with Crippen LogP contribution >= 0.6 is 0 Å². The third kappa shape index (κ3) is 2.00. The van der Waals surface area contributed by atoms with Crippen molar-refractivity contribution >= 4 is 12.6 Å². The summed E-state index contributed by atoms with van der Waals surface area (Å²) in [4.78, 5) is 0. The van der Waals surface area contributed by atoms with Crippen molar-refractivity contribution in [2.75, 3.05) is 0 Å². The second-order valence-electron chi connectivity index (χ2n) is 5.33. The van der Waals surface area contributed by atoms with Crippen LogP contribution in [0.4, 0.5) is 0 Å². The largest absolute Gasteiger partial charge is 0.508 e. The zero-order valence-electron chi connectivity index (χ0n) is 10.5. The van der Waals surface area contributed by atoms with E-state index in [0.717, 1.165) is 0 Å². The summed E-state index contributed by atoms with van der Waals surface area (Å²) in [5.41, 5.74) is -0.478. The van der Waals surface area contributed by atoms with Crippen molar-refractivity contribution in [2.45, 2.75) is 38.9 Å². The molecule has 4 nitrogen and oxygen atoms in total. The Balaban J connectivity index is 2.35. The average molecular weight is 236 g/mol. The van der Waals surface area contributed by atoms with Crippen molar-refractivity contribution in [3.05, 3.63) is 18.2 Å². The molecule has 1 heterocycles. The maximum Gasteiger partial charge on any atom is 0.498 e. The maximum absolute atomic E-state index is 9.76. The zero-order chi connectivity index (χ0) is 12.8. The van der Waals surface area contributed by atoms with Crippen molar-refractivity contribution in [2.24, 2.45) is 0 Å². The van der Waals surface area contributed by atoms with Crippen LogP contribution < -0.4 is 5.46 Å². The third-order valence-electron chi connectivity index (χ3n) is 3.52. The van der Waals surface area contributed by atoms with Crippen molar-refractivity contribution in [3.8, 4) is 11.5 Å². The first kappa shape index (κ1) is 12.3. The molecule has 0 aliphatic carbocycles. The van der Waals surface area contributed by atoms with Crippen molar-refractivity contribution in [1.29, 1.82) is 0 Å². The molecule has 0 bridgehead atoms. The molecule has 2 rings (SSSR count). The number of aromatic hydroxyl groups is 2. The van der Waals surface area contributed by atoms with Gasteiger partial charge in [-0.25, -0.2) is 0 Å². The minimum Gasteiger partial charge on any atom is -0.508 e.